The zero-order valence-corrected chi connectivity index (χ0v) is 7.83. The van der Waals surface area contributed by atoms with Gasteiger partial charge in [0.1, 0.15) is 0 Å². The highest BCUT2D eigenvalue weighted by atomic mass is 79.9. The number of aromatic nitrogens is 2. The molecule has 1 aromatic rings. The lowest BCUT2D eigenvalue weighted by Crippen LogP contribution is -2.36. The molecule has 1 N–H and O–H groups in total. The normalized spacial score (nSPS) is 9.92. The number of hydrogen-bond acceptors (Lipinski definition) is 4. The number of halogens is 1. The van der Waals surface area contributed by atoms with Gasteiger partial charge in [0.2, 0.25) is 0 Å². The van der Waals surface area contributed by atoms with Gasteiger partial charge in [0.15, 0.2) is 0 Å². The third-order valence-electron chi connectivity index (χ3n) is 1.27. The maximum absolute atomic E-state index is 10.9. The lowest BCUT2D eigenvalue weighted by Gasteiger charge is -2.04. The Bertz CT molecular complexity index is 447. The van der Waals surface area contributed by atoms with E-state index in [4.69, 9.17) is 0 Å². The Morgan fingerprint density at radius 1 is 1.62 bits per heavy atom. The average molecular weight is 248 g/mol. The molecule has 1 rings (SSSR count). The number of aromatic amines is 1. The molecule has 7 heteroatoms. The molecule has 0 amide bonds. The van der Waals surface area contributed by atoms with Crippen molar-refractivity contribution in [2.45, 2.75) is 6.54 Å². The number of aliphatic carboxylic acids is 1. The van der Waals surface area contributed by atoms with Crippen LogP contribution in [0.15, 0.2) is 20.3 Å². The van der Waals surface area contributed by atoms with Crippen LogP contribution in [0.3, 0.4) is 0 Å². The van der Waals surface area contributed by atoms with Gasteiger partial charge in [0, 0.05) is 6.20 Å². The zero-order chi connectivity index (χ0) is 10.0. The van der Waals surface area contributed by atoms with Crippen molar-refractivity contribution in [1.29, 1.82) is 0 Å². The number of H-pyrrole nitrogens is 1. The summed E-state index contributed by atoms with van der Waals surface area (Å²) in [5.41, 5.74) is -1.38. The van der Waals surface area contributed by atoms with E-state index in [1.54, 1.807) is 0 Å². The van der Waals surface area contributed by atoms with Gasteiger partial charge in [-0.3, -0.25) is 14.3 Å². The lowest BCUT2D eigenvalue weighted by molar-refractivity contribution is -0.306. The maximum atomic E-state index is 10.9. The molecule has 0 atom stereocenters. The van der Waals surface area contributed by atoms with Gasteiger partial charge in [-0.15, -0.1) is 0 Å². The summed E-state index contributed by atoms with van der Waals surface area (Å²) in [5.74, 6) is -1.40. The molecule has 6 nitrogen and oxygen atoms in total. The summed E-state index contributed by atoms with van der Waals surface area (Å²) in [6.07, 6.45) is 1.09. The van der Waals surface area contributed by atoms with E-state index >= 15 is 0 Å². The van der Waals surface area contributed by atoms with Crippen LogP contribution < -0.4 is 16.4 Å². The van der Waals surface area contributed by atoms with Gasteiger partial charge in [-0.2, -0.15) is 0 Å². The van der Waals surface area contributed by atoms with Gasteiger partial charge >= 0.3 is 5.69 Å². The third-order valence-corrected chi connectivity index (χ3v) is 1.83. The summed E-state index contributed by atoms with van der Waals surface area (Å²) in [7, 11) is 0. The molecule has 70 valence electrons. The summed E-state index contributed by atoms with van der Waals surface area (Å²) in [4.78, 5) is 33.8. The number of nitrogens with one attached hydrogen (secondary N) is 1. The Labute approximate surface area is 80.0 Å². The molecule has 0 aliphatic rings. The molecule has 0 aliphatic carbocycles. The first-order valence-corrected chi connectivity index (χ1v) is 3.99. The molecule has 0 spiro atoms. The Hall–Kier alpha value is -1.37. The van der Waals surface area contributed by atoms with E-state index in [-0.39, 0.29) is 4.47 Å². The predicted octanol–water partition coefficient (Wildman–Crippen LogP) is -1.95. The molecule has 0 aliphatic heterocycles. The van der Waals surface area contributed by atoms with Crippen LogP contribution >= 0.6 is 15.9 Å². The second-order valence-corrected chi connectivity index (χ2v) is 3.09. The van der Waals surface area contributed by atoms with Gasteiger partial charge in [-0.1, -0.05) is 0 Å². The number of nitrogens with zero attached hydrogens (tertiary/aromatic N) is 1. The van der Waals surface area contributed by atoms with Crippen LogP contribution in [0.25, 0.3) is 0 Å². The first kappa shape index (κ1) is 9.72. The molecule has 1 aromatic heterocycles. The van der Waals surface area contributed by atoms with Gasteiger partial charge in [-0.05, 0) is 15.9 Å². The monoisotopic (exact) mass is 247 g/mol. The van der Waals surface area contributed by atoms with E-state index < -0.39 is 23.8 Å². The summed E-state index contributed by atoms with van der Waals surface area (Å²) in [5, 5.41) is 10.1. The molecule has 0 unspecified atom stereocenters. The standard InChI is InChI=1S/C6H5BrN2O4/c7-3-1-9(2-4(10)11)6(13)8-5(3)12/h1H,2H2,(H,10,11)(H,8,12,13)/p-1. The first-order chi connectivity index (χ1) is 6.00. The number of rotatable bonds is 2. The minimum absolute atomic E-state index is 0.0911. The first-order valence-electron chi connectivity index (χ1n) is 3.20. The SMILES string of the molecule is O=C([O-])Cn1cc(Br)c(=O)[nH]c1=O. The fourth-order valence-electron chi connectivity index (χ4n) is 0.739. The van der Waals surface area contributed by atoms with Crippen LogP contribution in [-0.2, 0) is 11.3 Å². The van der Waals surface area contributed by atoms with Crippen molar-refractivity contribution in [1.82, 2.24) is 9.55 Å². The van der Waals surface area contributed by atoms with Crippen molar-refractivity contribution in [3.8, 4) is 0 Å². The highest BCUT2D eigenvalue weighted by Crippen LogP contribution is 1.96. The van der Waals surface area contributed by atoms with Gasteiger partial charge < -0.3 is 9.90 Å². The number of carboxylic acid groups (broad SMARTS) is 1. The molecule has 0 fully saturated rings. The minimum Gasteiger partial charge on any atom is -0.548 e. The number of carbonyl (C=O) groups excluding carboxylic acids is 1. The summed E-state index contributed by atoms with van der Waals surface area (Å²) in [6, 6.07) is 0. The van der Waals surface area contributed by atoms with Crippen LogP contribution in [0.4, 0.5) is 0 Å². The van der Waals surface area contributed by atoms with Crippen LogP contribution in [-0.4, -0.2) is 15.5 Å². The highest BCUT2D eigenvalue weighted by Gasteiger charge is 2.00. The fourth-order valence-corrected chi connectivity index (χ4v) is 1.09. The fraction of sp³-hybridized carbons (Fsp3) is 0.167. The number of hydrogen-bond donors (Lipinski definition) is 1. The van der Waals surface area contributed by atoms with Crippen molar-refractivity contribution in [2.24, 2.45) is 0 Å². The van der Waals surface area contributed by atoms with E-state index in [9.17, 15) is 19.5 Å². The van der Waals surface area contributed by atoms with Gasteiger partial charge in [0.25, 0.3) is 5.56 Å². The van der Waals surface area contributed by atoms with Crippen LogP contribution in [0.1, 0.15) is 0 Å². The summed E-state index contributed by atoms with van der Waals surface area (Å²) >= 11 is 2.85. The third kappa shape index (κ3) is 2.28. The number of carbonyl (C=O) groups is 1. The molecular formula is C6H4BrN2O4-. The minimum atomic E-state index is -1.40. The van der Waals surface area contributed by atoms with Gasteiger partial charge in [0.05, 0.1) is 17.0 Å². The van der Waals surface area contributed by atoms with Crippen molar-refractivity contribution in [2.75, 3.05) is 0 Å². The highest BCUT2D eigenvalue weighted by molar-refractivity contribution is 9.10. The van der Waals surface area contributed by atoms with E-state index in [0.717, 1.165) is 10.8 Å². The second kappa shape index (κ2) is 3.56. The van der Waals surface area contributed by atoms with Crippen LogP contribution in [0.2, 0.25) is 0 Å². The van der Waals surface area contributed by atoms with Crippen molar-refractivity contribution in [3.05, 3.63) is 31.5 Å². The van der Waals surface area contributed by atoms with E-state index in [1.807, 2.05) is 4.98 Å². The van der Waals surface area contributed by atoms with Crippen LogP contribution in [0, 0.1) is 0 Å². The van der Waals surface area contributed by atoms with Crippen LogP contribution in [0.5, 0.6) is 0 Å². The molecule has 1 heterocycles. The van der Waals surface area contributed by atoms with E-state index in [0.29, 0.717) is 0 Å². The smallest absolute Gasteiger partial charge is 0.328 e. The molecule has 0 aromatic carbocycles. The Kier molecular flexibility index (Phi) is 2.66. The Morgan fingerprint density at radius 2 is 2.23 bits per heavy atom. The Balaban J connectivity index is 3.24. The van der Waals surface area contributed by atoms with E-state index in [2.05, 4.69) is 15.9 Å². The summed E-state index contributed by atoms with van der Waals surface area (Å²) in [6.45, 7) is -0.589. The molecule has 0 saturated heterocycles. The Morgan fingerprint density at radius 3 is 2.77 bits per heavy atom. The average Bonchev–Trinajstić information content (AvgIpc) is 1.99. The molecular weight excluding hydrogens is 244 g/mol. The predicted molar refractivity (Wildman–Crippen MR) is 44.0 cm³/mol. The number of carboxylic acids is 1. The second-order valence-electron chi connectivity index (χ2n) is 2.24. The van der Waals surface area contributed by atoms with Gasteiger partial charge in [-0.25, -0.2) is 4.79 Å². The van der Waals surface area contributed by atoms with Crippen molar-refractivity contribution in [3.63, 3.8) is 0 Å². The summed E-state index contributed by atoms with van der Waals surface area (Å²) < 4.78 is 0.911. The molecule has 0 saturated carbocycles. The van der Waals surface area contributed by atoms with Crippen molar-refractivity contribution >= 4 is 21.9 Å². The lowest BCUT2D eigenvalue weighted by atomic mass is 10.6. The quantitative estimate of drug-likeness (QED) is 0.657. The molecule has 0 bridgehead atoms. The van der Waals surface area contributed by atoms with Crippen molar-refractivity contribution < 1.29 is 9.90 Å². The molecule has 0 radical (unpaired) electrons. The zero-order valence-electron chi connectivity index (χ0n) is 6.24. The van der Waals surface area contributed by atoms with E-state index in [1.165, 1.54) is 0 Å². The largest absolute Gasteiger partial charge is 0.548 e. The maximum Gasteiger partial charge on any atom is 0.328 e. The topological polar surface area (TPSA) is 95.0 Å². The molecule has 13 heavy (non-hydrogen) atoms.